The minimum atomic E-state index is 0.674. The van der Waals surface area contributed by atoms with Crippen molar-refractivity contribution in [3.63, 3.8) is 0 Å². The molecule has 0 saturated carbocycles. The highest BCUT2D eigenvalue weighted by atomic mass is 14.2. The van der Waals surface area contributed by atoms with Gasteiger partial charge in [0.25, 0.3) is 0 Å². The average Bonchev–Trinajstić information content (AvgIpc) is 2.92. The van der Waals surface area contributed by atoms with E-state index in [4.69, 9.17) is 0 Å². The molecule has 34 heavy (non-hydrogen) atoms. The molecule has 0 aromatic heterocycles. The van der Waals surface area contributed by atoms with Crippen molar-refractivity contribution in [2.45, 2.75) is 0 Å². The van der Waals surface area contributed by atoms with Crippen LogP contribution in [0.5, 0.6) is 0 Å². The van der Waals surface area contributed by atoms with E-state index in [-0.39, 0.29) is 0 Å². The molecular weight excluding hydrogens is 410 g/mol. The van der Waals surface area contributed by atoms with Gasteiger partial charge >= 0.3 is 0 Å². The van der Waals surface area contributed by atoms with Gasteiger partial charge in [-0.15, -0.1) is 0 Å². The molecule has 6 aromatic rings. The van der Waals surface area contributed by atoms with Gasteiger partial charge in [0.2, 0.25) is 0 Å². The van der Waals surface area contributed by atoms with E-state index in [0.29, 0.717) is 5.56 Å². The maximum atomic E-state index is 9.25. The minimum absolute atomic E-state index is 0.674. The van der Waals surface area contributed by atoms with Crippen LogP contribution in [-0.2, 0) is 0 Å². The maximum absolute atomic E-state index is 9.25. The second kappa shape index (κ2) is 8.35. The fourth-order valence-corrected chi connectivity index (χ4v) is 4.92. The molecule has 0 N–H and O–H groups in total. The first kappa shape index (κ1) is 20.0. The molecule has 6 aromatic carbocycles. The lowest BCUT2D eigenvalue weighted by molar-refractivity contribution is 1.49. The molecule has 0 amide bonds. The molecule has 0 spiro atoms. The number of benzene rings is 6. The normalized spacial score (nSPS) is 10.9. The van der Waals surface area contributed by atoms with E-state index >= 15 is 0 Å². The average molecular weight is 432 g/mol. The monoisotopic (exact) mass is 431 g/mol. The number of hydrogen-bond donors (Lipinski definition) is 0. The zero-order chi connectivity index (χ0) is 22.9. The van der Waals surface area contributed by atoms with E-state index < -0.39 is 0 Å². The molecular formula is C33H21N. The molecule has 0 saturated heterocycles. The summed E-state index contributed by atoms with van der Waals surface area (Å²) < 4.78 is 0. The van der Waals surface area contributed by atoms with Crippen molar-refractivity contribution in [1.29, 1.82) is 5.26 Å². The van der Waals surface area contributed by atoms with Gasteiger partial charge in [-0.1, -0.05) is 115 Å². The highest BCUT2D eigenvalue weighted by molar-refractivity contribution is 6.21. The predicted octanol–water partition coefficient (Wildman–Crippen LogP) is 8.87. The predicted molar refractivity (Wildman–Crippen MR) is 142 cm³/mol. The zero-order valence-electron chi connectivity index (χ0n) is 18.6. The van der Waals surface area contributed by atoms with Crippen molar-refractivity contribution in [2.24, 2.45) is 0 Å². The van der Waals surface area contributed by atoms with Gasteiger partial charge in [0.05, 0.1) is 11.6 Å². The van der Waals surface area contributed by atoms with E-state index in [1.165, 1.54) is 49.4 Å². The van der Waals surface area contributed by atoms with Crippen LogP contribution in [0.1, 0.15) is 5.56 Å². The second-order valence-corrected chi connectivity index (χ2v) is 8.47. The lowest BCUT2D eigenvalue weighted by Gasteiger charge is -2.18. The first-order chi connectivity index (χ1) is 16.8. The third-order valence-electron chi connectivity index (χ3n) is 6.51. The van der Waals surface area contributed by atoms with Crippen LogP contribution in [0.25, 0.3) is 54.9 Å². The van der Waals surface area contributed by atoms with Gasteiger partial charge in [-0.3, -0.25) is 0 Å². The summed E-state index contributed by atoms with van der Waals surface area (Å²) in [4.78, 5) is 0. The SMILES string of the molecule is N#Cc1ccc(-c2c3ccccc3c(-c3ccc(-c4ccccc4)cc3)c3ccccc23)cc1. The highest BCUT2D eigenvalue weighted by Crippen LogP contribution is 2.43. The van der Waals surface area contributed by atoms with Crippen LogP contribution in [0.3, 0.4) is 0 Å². The van der Waals surface area contributed by atoms with Crippen LogP contribution in [0.4, 0.5) is 0 Å². The van der Waals surface area contributed by atoms with Crippen LogP contribution in [0.2, 0.25) is 0 Å². The third-order valence-corrected chi connectivity index (χ3v) is 6.51. The zero-order valence-corrected chi connectivity index (χ0v) is 18.6. The summed E-state index contributed by atoms with van der Waals surface area (Å²) in [7, 11) is 0. The third kappa shape index (κ3) is 3.34. The molecule has 0 bridgehead atoms. The summed E-state index contributed by atoms with van der Waals surface area (Å²) in [6.07, 6.45) is 0. The Morgan fingerprint density at radius 1 is 0.353 bits per heavy atom. The Hall–Kier alpha value is -4.67. The fraction of sp³-hybridized carbons (Fsp3) is 0. The molecule has 0 fully saturated rings. The molecule has 0 radical (unpaired) electrons. The van der Waals surface area contributed by atoms with Gasteiger partial charge in [0.1, 0.15) is 0 Å². The number of nitriles is 1. The molecule has 6 rings (SSSR count). The summed E-state index contributed by atoms with van der Waals surface area (Å²) in [6.45, 7) is 0. The van der Waals surface area contributed by atoms with Gasteiger partial charge in [0, 0.05) is 0 Å². The standard InChI is InChI=1S/C33H21N/c34-22-23-14-16-26(17-15-23)32-28-10-4-6-12-30(28)33(31-13-7-5-11-29(31)32)27-20-18-25(19-21-27)24-8-2-1-3-9-24/h1-21H. The molecule has 158 valence electrons. The Balaban J connectivity index is 1.62. The van der Waals surface area contributed by atoms with E-state index in [9.17, 15) is 5.26 Å². The summed E-state index contributed by atoms with van der Waals surface area (Å²) >= 11 is 0. The smallest absolute Gasteiger partial charge is 0.0991 e. The fourth-order valence-electron chi connectivity index (χ4n) is 4.92. The van der Waals surface area contributed by atoms with E-state index in [0.717, 1.165) is 5.56 Å². The Labute approximate surface area is 199 Å². The summed E-state index contributed by atoms with van der Waals surface area (Å²) in [6, 6.07) is 46.8. The van der Waals surface area contributed by atoms with E-state index in [1.54, 1.807) is 0 Å². The van der Waals surface area contributed by atoms with Crippen molar-refractivity contribution < 1.29 is 0 Å². The van der Waals surface area contributed by atoms with Crippen molar-refractivity contribution in [1.82, 2.24) is 0 Å². The van der Waals surface area contributed by atoms with Gasteiger partial charge in [-0.2, -0.15) is 5.26 Å². The van der Waals surface area contributed by atoms with Gasteiger partial charge in [-0.25, -0.2) is 0 Å². The van der Waals surface area contributed by atoms with E-state index in [2.05, 4.69) is 115 Å². The Bertz CT molecular complexity index is 1610. The molecule has 0 atom stereocenters. The first-order valence-electron chi connectivity index (χ1n) is 11.4. The van der Waals surface area contributed by atoms with Crippen molar-refractivity contribution in [3.05, 3.63) is 133 Å². The first-order valence-corrected chi connectivity index (χ1v) is 11.4. The molecule has 0 unspecified atom stereocenters. The number of fused-ring (bicyclic) bond motifs is 2. The van der Waals surface area contributed by atoms with Gasteiger partial charge in [-0.05, 0) is 67.1 Å². The van der Waals surface area contributed by atoms with Gasteiger partial charge in [0.15, 0.2) is 0 Å². The lowest BCUT2D eigenvalue weighted by atomic mass is 9.85. The molecule has 1 heteroatoms. The van der Waals surface area contributed by atoms with E-state index in [1.807, 2.05) is 18.2 Å². The highest BCUT2D eigenvalue weighted by Gasteiger charge is 2.16. The minimum Gasteiger partial charge on any atom is -0.192 e. The quantitative estimate of drug-likeness (QED) is 0.257. The maximum Gasteiger partial charge on any atom is 0.0991 e. The molecule has 1 nitrogen and oxygen atoms in total. The van der Waals surface area contributed by atoms with Crippen LogP contribution >= 0.6 is 0 Å². The largest absolute Gasteiger partial charge is 0.192 e. The molecule has 0 heterocycles. The summed E-state index contributed by atoms with van der Waals surface area (Å²) in [5.41, 5.74) is 7.90. The van der Waals surface area contributed by atoms with Crippen molar-refractivity contribution >= 4 is 21.5 Å². The molecule has 0 aliphatic rings. The number of hydrogen-bond acceptors (Lipinski definition) is 1. The van der Waals surface area contributed by atoms with Crippen molar-refractivity contribution in [2.75, 3.05) is 0 Å². The Kier molecular flexibility index (Phi) is 4.91. The van der Waals surface area contributed by atoms with Gasteiger partial charge < -0.3 is 0 Å². The van der Waals surface area contributed by atoms with Crippen LogP contribution in [0, 0.1) is 11.3 Å². The van der Waals surface area contributed by atoms with Crippen LogP contribution in [-0.4, -0.2) is 0 Å². The van der Waals surface area contributed by atoms with Crippen molar-refractivity contribution in [3.8, 4) is 39.4 Å². The number of nitrogens with zero attached hydrogens (tertiary/aromatic N) is 1. The Morgan fingerprint density at radius 3 is 1.15 bits per heavy atom. The summed E-state index contributed by atoms with van der Waals surface area (Å²) in [5, 5.41) is 14.1. The van der Waals surface area contributed by atoms with Crippen LogP contribution in [0.15, 0.2) is 127 Å². The summed E-state index contributed by atoms with van der Waals surface area (Å²) in [5.74, 6) is 0. The molecule has 0 aliphatic carbocycles. The second-order valence-electron chi connectivity index (χ2n) is 8.47. The lowest BCUT2D eigenvalue weighted by Crippen LogP contribution is -1.91. The Morgan fingerprint density at radius 2 is 0.706 bits per heavy atom. The van der Waals surface area contributed by atoms with Crippen LogP contribution < -0.4 is 0 Å². The topological polar surface area (TPSA) is 23.8 Å². The molecule has 0 aliphatic heterocycles. The number of rotatable bonds is 3.